The second kappa shape index (κ2) is 6.19. The summed E-state index contributed by atoms with van der Waals surface area (Å²) in [6.07, 6.45) is 0.583. The first-order valence-corrected chi connectivity index (χ1v) is 8.01. The summed E-state index contributed by atoms with van der Waals surface area (Å²) in [5.41, 5.74) is 6.09. The Hall–Kier alpha value is -1.10. The monoisotopic (exact) mass is 324 g/mol. The fraction of sp³-hybridized carbons (Fsp3) is 0.588. The Balaban J connectivity index is 2.10. The molecule has 1 amide bonds. The number of ether oxygens (including phenoxy) is 1. The topological polar surface area (TPSA) is 55.6 Å². The molecule has 2 rings (SSSR count). The molecule has 5 heteroatoms. The van der Waals surface area contributed by atoms with Gasteiger partial charge in [0.2, 0.25) is 5.91 Å². The summed E-state index contributed by atoms with van der Waals surface area (Å²) in [6, 6.07) is 7.53. The van der Waals surface area contributed by atoms with E-state index in [1.807, 2.05) is 45.0 Å². The number of halogens is 1. The van der Waals surface area contributed by atoms with Gasteiger partial charge in [-0.2, -0.15) is 0 Å². The summed E-state index contributed by atoms with van der Waals surface area (Å²) in [7, 11) is 1.77. The molecular weight excluding hydrogens is 300 g/mol. The summed E-state index contributed by atoms with van der Waals surface area (Å²) in [5.74, 6) is -0.0617. The fourth-order valence-corrected chi connectivity index (χ4v) is 3.29. The Morgan fingerprint density at radius 3 is 2.64 bits per heavy atom. The Labute approximate surface area is 137 Å². The van der Waals surface area contributed by atoms with E-state index in [0.29, 0.717) is 24.6 Å². The fourth-order valence-electron chi connectivity index (χ4n) is 3.09. The van der Waals surface area contributed by atoms with Gasteiger partial charge in [0.05, 0.1) is 6.10 Å². The largest absolute Gasteiger partial charge is 0.378 e. The van der Waals surface area contributed by atoms with E-state index in [4.69, 9.17) is 22.1 Å². The van der Waals surface area contributed by atoms with Crippen molar-refractivity contribution in [1.82, 2.24) is 4.90 Å². The van der Waals surface area contributed by atoms with Crippen LogP contribution in [-0.4, -0.2) is 36.1 Å². The van der Waals surface area contributed by atoms with Gasteiger partial charge in [0.15, 0.2) is 0 Å². The van der Waals surface area contributed by atoms with Crippen molar-refractivity contribution in [2.45, 2.75) is 45.4 Å². The SMILES string of the molecule is CCOC1CC(N)(C(=O)N(C)Cc2ccccc2Cl)C1(C)C. The lowest BCUT2D eigenvalue weighted by molar-refractivity contribution is -0.178. The zero-order chi connectivity index (χ0) is 16.5. The number of benzene rings is 1. The molecule has 0 bridgehead atoms. The summed E-state index contributed by atoms with van der Waals surface area (Å²) in [4.78, 5) is 14.5. The maximum Gasteiger partial charge on any atom is 0.243 e. The molecule has 122 valence electrons. The molecule has 1 aromatic carbocycles. The van der Waals surface area contributed by atoms with Gasteiger partial charge < -0.3 is 15.4 Å². The van der Waals surface area contributed by atoms with Gasteiger partial charge in [-0.25, -0.2) is 0 Å². The number of nitrogens with two attached hydrogens (primary N) is 1. The van der Waals surface area contributed by atoms with Crippen LogP contribution in [0.15, 0.2) is 24.3 Å². The van der Waals surface area contributed by atoms with Gasteiger partial charge in [-0.3, -0.25) is 4.79 Å². The normalized spacial score (nSPS) is 26.4. The van der Waals surface area contributed by atoms with E-state index in [1.54, 1.807) is 11.9 Å². The number of rotatable bonds is 5. The second-order valence-corrected chi connectivity index (χ2v) is 7.00. The van der Waals surface area contributed by atoms with E-state index in [-0.39, 0.29) is 17.4 Å². The third kappa shape index (κ3) is 2.75. The van der Waals surface area contributed by atoms with E-state index < -0.39 is 5.54 Å². The standard InChI is InChI=1S/C17H25ClN2O2/c1-5-22-14-10-17(19,16(14,2)3)15(21)20(4)11-12-8-6-7-9-13(12)18/h6-9,14H,5,10-11,19H2,1-4H3. The van der Waals surface area contributed by atoms with Gasteiger partial charge in [0.1, 0.15) is 5.54 Å². The summed E-state index contributed by atoms with van der Waals surface area (Å²) < 4.78 is 5.68. The number of carbonyl (C=O) groups excluding carboxylic acids is 1. The van der Waals surface area contributed by atoms with Crippen LogP contribution in [-0.2, 0) is 16.1 Å². The van der Waals surface area contributed by atoms with Crippen LogP contribution in [0.25, 0.3) is 0 Å². The van der Waals surface area contributed by atoms with Gasteiger partial charge in [-0.1, -0.05) is 43.6 Å². The molecule has 4 nitrogen and oxygen atoms in total. The van der Waals surface area contributed by atoms with E-state index in [9.17, 15) is 4.79 Å². The second-order valence-electron chi connectivity index (χ2n) is 6.59. The van der Waals surface area contributed by atoms with Crippen LogP contribution in [0.1, 0.15) is 32.8 Å². The highest BCUT2D eigenvalue weighted by molar-refractivity contribution is 6.31. The van der Waals surface area contributed by atoms with Crippen LogP contribution in [0.2, 0.25) is 5.02 Å². The van der Waals surface area contributed by atoms with Crippen molar-refractivity contribution < 1.29 is 9.53 Å². The maximum atomic E-state index is 12.8. The molecule has 22 heavy (non-hydrogen) atoms. The molecule has 2 atom stereocenters. The van der Waals surface area contributed by atoms with Crippen LogP contribution < -0.4 is 5.73 Å². The zero-order valence-corrected chi connectivity index (χ0v) is 14.5. The van der Waals surface area contributed by atoms with E-state index in [0.717, 1.165) is 5.56 Å². The Kier molecular flexibility index (Phi) is 4.85. The molecule has 2 N–H and O–H groups in total. The first kappa shape index (κ1) is 17.3. The highest BCUT2D eigenvalue weighted by atomic mass is 35.5. The molecule has 0 spiro atoms. The van der Waals surface area contributed by atoms with Crippen molar-refractivity contribution in [2.24, 2.45) is 11.1 Å². The minimum absolute atomic E-state index is 0.0279. The average molecular weight is 325 g/mol. The molecule has 0 heterocycles. The molecule has 1 aliphatic carbocycles. The van der Waals surface area contributed by atoms with Crippen molar-refractivity contribution in [2.75, 3.05) is 13.7 Å². The highest BCUT2D eigenvalue weighted by Gasteiger charge is 2.63. The van der Waals surface area contributed by atoms with Crippen LogP contribution in [0.5, 0.6) is 0 Å². The van der Waals surface area contributed by atoms with Crippen molar-refractivity contribution in [1.29, 1.82) is 0 Å². The molecule has 0 aliphatic heterocycles. The quantitative estimate of drug-likeness (QED) is 0.906. The Morgan fingerprint density at radius 2 is 2.09 bits per heavy atom. The molecule has 0 radical (unpaired) electrons. The minimum Gasteiger partial charge on any atom is -0.378 e. The minimum atomic E-state index is -0.886. The number of hydrogen-bond donors (Lipinski definition) is 1. The predicted octanol–water partition coefficient (Wildman–Crippen LogP) is 2.83. The van der Waals surface area contributed by atoms with E-state index >= 15 is 0 Å². The third-order valence-electron chi connectivity index (χ3n) is 4.92. The van der Waals surface area contributed by atoms with E-state index in [1.165, 1.54) is 0 Å². The van der Waals surface area contributed by atoms with Gasteiger partial charge in [0.25, 0.3) is 0 Å². The van der Waals surface area contributed by atoms with Crippen LogP contribution in [0, 0.1) is 5.41 Å². The molecule has 1 saturated carbocycles. The lowest BCUT2D eigenvalue weighted by Crippen LogP contribution is -2.75. The summed E-state index contributed by atoms with van der Waals surface area (Å²) in [6.45, 7) is 7.04. The molecule has 1 aliphatic rings. The summed E-state index contributed by atoms with van der Waals surface area (Å²) in [5, 5.41) is 0.660. The van der Waals surface area contributed by atoms with Gasteiger partial charge in [0, 0.05) is 37.1 Å². The number of amides is 1. The lowest BCUT2D eigenvalue weighted by atomic mass is 9.54. The van der Waals surface area contributed by atoms with Crippen molar-refractivity contribution in [3.8, 4) is 0 Å². The first-order valence-electron chi connectivity index (χ1n) is 7.63. The molecule has 1 aromatic rings. The van der Waals surface area contributed by atoms with Gasteiger partial charge in [-0.15, -0.1) is 0 Å². The molecule has 0 saturated heterocycles. The van der Waals surface area contributed by atoms with Gasteiger partial charge in [-0.05, 0) is 18.6 Å². The number of likely N-dealkylation sites (N-methyl/N-ethyl adjacent to an activating group) is 1. The van der Waals surface area contributed by atoms with Crippen LogP contribution in [0.4, 0.5) is 0 Å². The number of nitrogens with zero attached hydrogens (tertiary/aromatic N) is 1. The Morgan fingerprint density at radius 1 is 1.45 bits per heavy atom. The van der Waals surface area contributed by atoms with Crippen molar-refractivity contribution in [3.05, 3.63) is 34.9 Å². The lowest BCUT2D eigenvalue weighted by Gasteiger charge is -2.58. The van der Waals surface area contributed by atoms with Gasteiger partial charge >= 0.3 is 0 Å². The summed E-state index contributed by atoms with van der Waals surface area (Å²) >= 11 is 6.17. The predicted molar refractivity (Wildman–Crippen MR) is 88.7 cm³/mol. The van der Waals surface area contributed by atoms with E-state index in [2.05, 4.69) is 0 Å². The molecular formula is C17H25ClN2O2. The average Bonchev–Trinajstić information content (AvgIpc) is 2.48. The maximum absolute atomic E-state index is 12.8. The van der Waals surface area contributed by atoms with Crippen molar-refractivity contribution >= 4 is 17.5 Å². The zero-order valence-electron chi connectivity index (χ0n) is 13.7. The number of carbonyl (C=O) groups is 1. The van der Waals surface area contributed by atoms with Crippen LogP contribution in [0.3, 0.4) is 0 Å². The van der Waals surface area contributed by atoms with Crippen LogP contribution >= 0.6 is 11.6 Å². The van der Waals surface area contributed by atoms with Crippen molar-refractivity contribution in [3.63, 3.8) is 0 Å². The Bertz CT molecular complexity index is 561. The molecule has 1 fully saturated rings. The smallest absolute Gasteiger partial charge is 0.243 e. The molecule has 2 unspecified atom stereocenters. The molecule has 0 aromatic heterocycles. The third-order valence-corrected chi connectivity index (χ3v) is 5.29. The highest BCUT2D eigenvalue weighted by Crippen LogP contribution is 2.50. The first-order chi connectivity index (χ1) is 10.2. The number of hydrogen-bond acceptors (Lipinski definition) is 3.